The summed E-state index contributed by atoms with van der Waals surface area (Å²) in [7, 11) is 0. The number of benzene rings is 2. The van der Waals surface area contributed by atoms with E-state index in [1.807, 2.05) is 24.3 Å². The first-order chi connectivity index (χ1) is 14.0. The van der Waals surface area contributed by atoms with Gasteiger partial charge in [-0.15, -0.1) is 0 Å². The number of hydrogen-bond donors (Lipinski definition) is 1. The third kappa shape index (κ3) is 5.72. The second-order valence-corrected chi connectivity index (χ2v) is 7.90. The standard InChI is InChI=1S/C22H26Cl2N4O/c1-3-27(4-2)14-13-17-15-28(22(29)25-20-11-9-19(24)10-12-20)26-21(17)16-5-7-18(23)8-6-16/h5-12,17H,3-4,13-15H2,1-2H3,(H,25,29). The second-order valence-electron chi connectivity index (χ2n) is 7.02. The molecule has 7 heteroatoms. The van der Waals surface area contributed by atoms with Gasteiger partial charge in [0.05, 0.1) is 12.3 Å². The summed E-state index contributed by atoms with van der Waals surface area (Å²) in [6.07, 6.45) is 0.938. The van der Waals surface area contributed by atoms with Crippen LogP contribution in [0.4, 0.5) is 10.5 Å². The number of anilines is 1. The molecular formula is C22H26Cl2N4O. The van der Waals surface area contributed by atoms with E-state index in [2.05, 4.69) is 29.2 Å². The van der Waals surface area contributed by atoms with Gasteiger partial charge in [0.25, 0.3) is 0 Å². The zero-order valence-electron chi connectivity index (χ0n) is 16.7. The second kappa shape index (κ2) is 10.1. The van der Waals surface area contributed by atoms with E-state index in [1.165, 1.54) is 5.01 Å². The molecule has 2 aromatic carbocycles. The van der Waals surface area contributed by atoms with Crippen LogP contribution < -0.4 is 5.32 Å². The van der Waals surface area contributed by atoms with E-state index in [0.717, 1.165) is 37.3 Å². The molecule has 29 heavy (non-hydrogen) atoms. The van der Waals surface area contributed by atoms with Crippen LogP contribution in [-0.2, 0) is 0 Å². The minimum absolute atomic E-state index is 0.174. The van der Waals surface area contributed by atoms with E-state index in [-0.39, 0.29) is 11.9 Å². The molecule has 0 fully saturated rings. The lowest BCUT2D eigenvalue weighted by Crippen LogP contribution is -2.32. The van der Waals surface area contributed by atoms with Gasteiger partial charge in [-0.1, -0.05) is 49.2 Å². The zero-order valence-corrected chi connectivity index (χ0v) is 18.2. The maximum absolute atomic E-state index is 12.8. The Morgan fingerprint density at radius 2 is 1.66 bits per heavy atom. The fourth-order valence-corrected chi connectivity index (χ4v) is 3.67. The molecule has 0 aromatic heterocycles. The predicted octanol–water partition coefficient (Wildman–Crippen LogP) is 5.59. The highest BCUT2D eigenvalue weighted by atomic mass is 35.5. The normalized spacial score (nSPS) is 16.2. The van der Waals surface area contributed by atoms with Gasteiger partial charge in [-0.25, -0.2) is 9.80 Å². The van der Waals surface area contributed by atoms with Crippen molar-refractivity contribution < 1.29 is 4.79 Å². The number of carbonyl (C=O) groups excluding carboxylic acids is 1. The smallest absolute Gasteiger partial charge is 0.306 e. The Morgan fingerprint density at radius 1 is 1.07 bits per heavy atom. The Labute approximate surface area is 182 Å². The van der Waals surface area contributed by atoms with Gasteiger partial charge in [0.2, 0.25) is 0 Å². The number of urea groups is 1. The van der Waals surface area contributed by atoms with Gasteiger partial charge >= 0.3 is 6.03 Å². The van der Waals surface area contributed by atoms with Crippen molar-refractivity contribution in [2.45, 2.75) is 20.3 Å². The lowest BCUT2D eigenvalue weighted by atomic mass is 9.94. The highest BCUT2D eigenvalue weighted by Gasteiger charge is 2.31. The van der Waals surface area contributed by atoms with E-state index >= 15 is 0 Å². The van der Waals surface area contributed by atoms with Crippen molar-refractivity contribution in [2.24, 2.45) is 11.0 Å². The number of hydrogen-bond acceptors (Lipinski definition) is 3. The lowest BCUT2D eigenvalue weighted by Gasteiger charge is -2.21. The summed E-state index contributed by atoms with van der Waals surface area (Å²) in [6, 6.07) is 14.4. The molecule has 0 saturated carbocycles. The first-order valence-electron chi connectivity index (χ1n) is 9.91. The summed E-state index contributed by atoms with van der Waals surface area (Å²) in [5.74, 6) is 0.174. The van der Waals surface area contributed by atoms with Crippen LogP contribution in [0.3, 0.4) is 0 Å². The van der Waals surface area contributed by atoms with Gasteiger partial charge in [0.1, 0.15) is 0 Å². The Morgan fingerprint density at radius 3 is 2.24 bits per heavy atom. The average molecular weight is 433 g/mol. The van der Waals surface area contributed by atoms with Crippen LogP contribution in [0.15, 0.2) is 53.6 Å². The van der Waals surface area contributed by atoms with E-state index < -0.39 is 0 Å². The molecule has 0 aliphatic carbocycles. The highest BCUT2D eigenvalue weighted by Crippen LogP contribution is 2.25. The Kier molecular flexibility index (Phi) is 7.53. The molecule has 3 rings (SSSR count). The largest absolute Gasteiger partial charge is 0.342 e. The molecule has 0 spiro atoms. The maximum atomic E-state index is 12.8. The van der Waals surface area contributed by atoms with Gasteiger partial charge in [-0.05, 0) is 68.0 Å². The minimum atomic E-state index is -0.246. The summed E-state index contributed by atoms with van der Waals surface area (Å²) >= 11 is 12.0. The topological polar surface area (TPSA) is 47.9 Å². The number of halogens is 2. The first kappa shape index (κ1) is 21.6. The van der Waals surface area contributed by atoms with E-state index in [0.29, 0.717) is 22.3 Å². The van der Waals surface area contributed by atoms with Crippen molar-refractivity contribution in [3.63, 3.8) is 0 Å². The zero-order chi connectivity index (χ0) is 20.8. The number of carbonyl (C=O) groups is 1. The van der Waals surface area contributed by atoms with Crippen LogP contribution in [0.2, 0.25) is 10.0 Å². The quantitative estimate of drug-likeness (QED) is 0.619. The molecule has 5 nitrogen and oxygen atoms in total. The molecule has 2 aromatic rings. The van der Waals surface area contributed by atoms with E-state index in [1.54, 1.807) is 24.3 Å². The fourth-order valence-electron chi connectivity index (χ4n) is 3.42. The van der Waals surface area contributed by atoms with Crippen molar-refractivity contribution in [1.82, 2.24) is 9.91 Å². The molecule has 1 unspecified atom stereocenters. The monoisotopic (exact) mass is 432 g/mol. The average Bonchev–Trinajstić information content (AvgIpc) is 3.15. The minimum Gasteiger partial charge on any atom is -0.306 e. The van der Waals surface area contributed by atoms with Crippen molar-refractivity contribution in [3.05, 3.63) is 64.1 Å². The Bertz CT molecular complexity index is 848. The van der Waals surface area contributed by atoms with Crippen LogP contribution in [-0.4, -0.2) is 47.8 Å². The van der Waals surface area contributed by atoms with Gasteiger partial charge in [-0.2, -0.15) is 5.10 Å². The summed E-state index contributed by atoms with van der Waals surface area (Å²) in [6.45, 7) is 7.88. The highest BCUT2D eigenvalue weighted by molar-refractivity contribution is 6.31. The van der Waals surface area contributed by atoms with Crippen LogP contribution >= 0.6 is 23.2 Å². The summed E-state index contributed by atoms with van der Waals surface area (Å²) in [5.41, 5.74) is 2.62. The Balaban J connectivity index is 1.76. The molecule has 1 aliphatic rings. The Hall–Kier alpha value is -2.08. The van der Waals surface area contributed by atoms with Crippen molar-refractivity contribution in [3.8, 4) is 0 Å². The summed E-state index contributed by atoms with van der Waals surface area (Å²) < 4.78 is 0. The van der Waals surface area contributed by atoms with Crippen molar-refractivity contribution in [1.29, 1.82) is 0 Å². The molecule has 1 aliphatic heterocycles. The maximum Gasteiger partial charge on any atom is 0.342 e. The predicted molar refractivity (Wildman–Crippen MR) is 121 cm³/mol. The van der Waals surface area contributed by atoms with Crippen molar-refractivity contribution in [2.75, 3.05) is 31.5 Å². The molecule has 0 saturated heterocycles. The van der Waals surface area contributed by atoms with Crippen LogP contribution in [0.1, 0.15) is 25.8 Å². The molecule has 1 atom stereocenters. The third-order valence-corrected chi connectivity index (χ3v) is 5.67. The molecule has 2 amide bonds. The van der Waals surface area contributed by atoms with Gasteiger partial charge < -0.3 is 10.2 Å². The molecule has 0 bridgehead atoms. The molecule has 154 valence electrons. The lowest BCUT2D eigenvalue weighted by molar-refractivity contribution is 0.213. The van der Waals surface area contributed by atoms with Crippen LogP contribution in [0, 0.1) is 5.92 Å². The van der Waals surface area contributed by atoms with Gasteiger partial charge in [-0.3, -0.25) is 0 Å². The number of hydrazone groups is 1. The van der Waals surface area contributed by atoms with E-state index in [4.69, 9.17) is 23.2 Å². The third-order valence-electron chi connectivity index (χ3n) is 5.17. The van der Waals surface area contributed by atoms with E-state index in [9.17, 15) is 4.79 Å². The summed E-state index contributed by atoms with van der Waals surface area (Å²) in [5, 5.41) is 10.4. The van der Waals surface area contributed by atoms with Crippen molar-refractivity contribution >= 4 is 40.6 Å². The van der Waals surface area contributed by atoms with Gasteiger partial charge in [0.15, 0.2) is 0 Å². The van der Waals surface area contributed by atoms with Gasteiger partial charge in [0, 0.05) is 21.7 Å². The SMILES string of the molecule is CCN(CC)CCC1CN(C(=O)Nc2ccc(Cl)cc2)N=C1c1ccc(Cl)cc1. The molecular weight excluding hydrogens is 407 g/mol. The number of nitrogens with one attached hydrogen (secondary N) is 1. The number of nitrogens with zero attached hydrogens (tertiary/aromatic N) is 3. The van der Waals surface area contributed by atoms with Crippen LogP contribution in [0.25, 0.3) is 0 Å². The van der Waals surface area contributed by atoms with Crippen LogP contribution in [0.5, 0.6) is 0 Å². The summed E-state index contributed by atoms with van der Waals surface area (Å²) in [4.78, 5) is 15.2. The number of amides is 2. The first-order valence-corrected chi connectivity index (χ1v) is 10.7. The molecule has 1 heterocycles. The fraction of sp³-hybridized carbons (Fsp3) is 0.364. The molecule has 0 radical (unpaired) electrons. The number of rotatable bonds is 7. The molecule has 1 N–H and O–H groups in total.